The van der Waals surface area contributed by atoms with Crippen LogP contribution in [0.2, 0.25) is 0 Å². The van der Waals surface area contributed by atoms with Crippen LogP contribution in [0, 0.1) is 0 Å². The molecule has 30 heavy (non-hydrogen) atoms. The maximum atomic E-state index is 12.9. The third-order valence-corrected chi connectivity index (χ3v) is 8.06. The zero-order valence-electron chi connectivity index (χ0n) is 16.5. The van der Waals surface area contributed by atoms with Crippen molar-refractivity contribution < 1.29 is 17.9 Å². The molecule has 2 heterocycles. The summed E-state index contributed by atoms with van der Waals surface area (Å²) < 4.78 is 34.7. The standard InChI is InChI=1S/C20H21N3O5S2/c1-22-16-7-5-13(11-18(16)29-20(22)25)21-19(24)15-12-14(6-8-17(15)28-2)30(26,27)23-9-3-4-10-23/h5-8,11-12H,3-4,9-10H2,1-2H3,(H,21,24). The van der Waals surface area contributed by atoms with E-state index in [-0.39, 0.29) is 21.1 Å². The van der Waals surface area contributed by atoms with Crippen LogP contribution < -0.4 is 14.9 Å². The zero-order chi connectivity index (χ0) is 21.5. The van der Waals surface area contributed by atoms with Crippen LogP contribution in [-0.2, 0) is 17.1 Å². The van der Waals surface area contributed by atoms with E-state index in [9.17, 15) is 18.0 Å². The lowest BCUT2D eigenvalue weighted by atomic mass is 10.1. The molecule has 8 nitrogen and oxygen atoms in total. The minimum atomic E-state index is -3.66. The summed E-state index contributed by atoms with van der Waals surface area (Å²) in [5.41, 5.74) is 1.41. The topological polar surface area (TPSA) is 97.7 Å². The molecule has 0 atom stereocenters. The SMILES string of the molecule is COc1ccc(S(=O)(=O)N2CCCC2)cc1C(=O)Nc1ccc2c(c1)sc(=O)n2C. The molecule has 1 fully saturated rings. The van der Waals surface area contributed by atoms with Crippen molar-refractivity contribution in [3.8, 4) is 5.75 Å². The first-order valence-electron chi connectivity index (χ1n) is 9.40. The van der Waals surface area contributed by atoms with E-state index < -0.39 is 15.9 Å². The number of nitrogens with zero attached hydrogens (tertiary/aromatic N) is 2. The Morgan fingerprint density at radius 2 is 1.87 bits per heavy atom. The van der Waals surface area contributed by atoms with Crippen molar-refractivity contribution in [1.29, 1.82) is 0 Å². The molecule has 0 aliphatic carbocycles. The fourth-order valence-corrected chi connectivity index (χ4v) is 5.98. The lowest BCUT2D eigenvalue weighted by Crippen LogP contribution is -2.28. The highest BCUT2D eigenvalue weighted by Crippen LogP contribution is 2.28. The highest BCUT2D eigenvalue weighted by Gasteiger charge is 2.28. The zero-order valence-corrected chi connectivity index (χ0v) is 18.2. The van der Waals surface area contributed by atoms with Gasteiger partial charge in [0.1, 0.15) is 5.75 Å². The van der Waals surface area contributed by atoms with Crippen molar-refractivity contribution in [2.75, 3.05) is 25.5 Å². The Bertz CT molecular complexity index is 1290. The number of hydrogen-bond acceptors (Lipinski definition) is 6. The number of aryl methyl sites for hydroxylation is 1. The second kappa shape index (κ2) is 7.86. The van der Waals surface area contributed by atoms with E-state index in [2.05, 4.69) is 5.32 Å². The summed E-state index contributed by atoms with van der Waals surface area (Å²) >= 11 is 1.09. The lowest BCUT2D eigenvalue weighted by Gasteiger charge is -2.17. The van der Waals surface area contributed by atoms with Crippen LogP contribution in [0.1, 0.15) is 23.2 Å². The minimum absolute atomic E-state index is 0.0621. The summed E-state index contributed by atoms with van der Waals surface area (Å²) in [4.78, 5) is 24.7. The van der Waals surface area contributed by atoms with Gasteiger partial charge < -0.3 is 14.6 Å². The molecule has 1 aliphatic heterocycles. The molecule has 1 aromatic heterocycles. The summed E-state index contributed by atoms with van der Waals surface area (Å²) in [6, 6.07) is 9.47. The van der Waals surface area contributed by atoms with E-state index in [0.29, 0.717) is 18.8 Å². The van der Waals surface area contributed by atoms with Gasteiger partial charge in [0.05, 0.1) is 27.8 Å². The Balaban J connectivity index is 1.67. The van der Waals surface area contributed by atoms with E-state index in [4.69, 9.17) is 4.74 Å². The number of ether oxygens (including phenoxy) is 1. The highest BCUT2D eigenvalue weighted by molar-refractivity contribution is 7.89. The number of nitrogens with one attached hydrogen (secondary N) is 1. The van der Waals surface area contributed by atoms with Crippen LogP contribution in [0.3, 0.4) is 0 Å². The normalized spacial score (nSPS) is 14.9. The molecule has 0 radical (unpaired) electrons. The van der Waals surface area contributed by atoms with Crippen molar-refractivity contribution in [3.05, 3.63) is 51.6 Å². The van der Waals surface area contributed by atoms with Gasteiger partial charge in [-0.15, -0.1) is 0 Å². The van der Waals surface area contributed by atoms with Gasteiger partial charge in [0, 0.05) is 25.8 Å². The number of sulfonamides is 1. The van der Waals surface area contributed by atoms with Gasteiger partial charge in [0.25, 0.3) is 5.91 Å². The number of amides is 1. The number of thiazole rings is 1. The van der Waals surface area contributed by atoms with E-state index >= 15 is 0 Å². The maximum Gasteiger partial charge on any atom is 0.307 e. The Morgan fingerprint density at radius 3 is 2.57 bits per heavy atom. The largest absolute Gasteiger partial charge is 0.496 e. The first-order valence-corrected chi connectivity index (χ1v) is 11.7. The summed E-state index contributed by atoms with van der Waals surface area (Å²) in [5, 5.41) is 2.77. The first-order chi connectivity index (χ1) is 14.3. The predicted molar refractivity (Wildman–Crippen MR) is 116 cm³/mol. The number of aromatic nitrogens is 1. The Morgan fingerprint density at radius 1 is 1.13 bits per heavy atom. The molecule has 0 bridgehead atoms. The predicted octanol–water partition coefficient (Wildman–Crippen LogP) is 2.65. The molecule has 158 valence electrons. The molecule has 3 aromatic rings. The number of methoxy groups -OCH3 is 1. The number of benzene rings is 2. The molecule has 1 amide bonds. The molecule has 1 aliphatic rings. The number of rotatable bonds is 5. The fourth-order valence-electron chi connectivity index (χ4n) is 3.51. The second-order valence-electron chi connectivity index (χ2n) is 7.04. The van der Waals surface area contributed by atoms with Crippen LogP contribution in [0.15, 0.2) is 46.1 Å². The van der Waals surface area contributed by atoms with E-state index in [1.165, 1.54) is 29.6 Å². The average molecular weight is 448 g/mol. The summed E-state index contributed by atoms with van der Waals surface area (Å²) in [5.74, 6) is -0.216. The molecule has 0 spiro atoms. The van der Waals surface area contributed by atoms with Crippen LogP contribution in [0.25, 0.3) is 10.2 Å². The van der Waals surface area contributed by atoms with Gasteiger partial charge in [-0.1, -0.05) is 11.3 Å². The highest BCUT2D eigenvalue weighted by atomic mass is 32.2. The number of fused-ring (bicyclic) bond motifs is 1. The third kappa shape index (κ3) is 3.62. The molecular formula is C20H21N3O5S2. The Kier molecular flexibility index (Phi) is 5.39. The van der Waals surface area contributed by atoms with E-state index in [1.807, 2.05) is 0 Å². The van der Waals surface area contributed by atoms with E-state index in [0.717, 1.165) is 34.4 Å². The van der Waals surface area contributed by atoms with Crippen molar-refractivity contribution >= 4 is 43.2 Å². The first kappa shape index (κ1) is 20.6. The van der Waals surface area contributed by atoms with Crippen LogP contribution in [0.4, 0.5) is 5.69 Å². The van der Waals surface area contributed by atoms with Crippen molar-refractivity contribution in [2.24, 2.45) is 7.05 Å². The van der Waals surface area contributed by atoms with Gasteiger partial charge >= 0.3 is 4.87 Å². The molecule has 1 N–H and O–H groups in total. The Labute approximate surface area is 177 Å². The summed E-state index contributed by atoms with van der Waals surface area (Å²) in [7, 11) is -0.546. The van der Waals surface area contributed by atoms with Gasteiger partial charge in [0.2, 0.25) is 10.0 Å². The quantitative estimate of drug-likeness (QED) is 0.649. The molecular weight excluding hydrogens is 426 g/mol. The van der Waals surface area contributed by atoms with Crippen molar-refractivity contribution in [3.63, 3.8) is 0 Å². The van der Waals surface area contributed by atoms with Crippen LogP contribution >= 0.6 is 11.3 Å². The monoisotopic (exact) mass is 447 g/mol. The molecule has 0 unspecified atom stereocenters. The maximum absolute atomic E-state index is 12.9. The number of hydrogen-bond donors (Lipinski definition) is 1. The second-order valence-corrected chi connectivity index (χ2v) is 9.97. The van der Waals surface area contributed by atoms with Gasteiger partial charge in [-0.25, -0.2) is 8.42 Å². The van der Waals surface area contributed by atoms with Gasteiger partial charge in [-0.05, 0) is 49.2 Å². The molecule has 2 aromatic carbocycles. The lowest BCUT2D eigenvalue weighted by molar-refractivity contribution is 0.102. The summed E-state index contributed by atoms with van der Waals surface area (Å²) in [6.45, 7) is 0.964. The number of carbonyl (C=O) groups excluding carboxylic acids is 1. The van der Waals surface area contributed by atoms with E-state index in [1.54, 1.807) is 29.8 Å². The Hall–Kier alpha value is -2.69. The fraction of sp³-hybridized carbons (Fsp3) is 0.300. The van der Waals surface area contributed by atoms with Crippen molar-refractivity contribution in [1.82, 2.24) is 8.87 Å². The summed E-state index contributed by atoms with van der Waals surface area (Å²) in [6.07, 6.45) is 1.66. The van der Waals surface area contributed by atoms with Crippen molar-refractivity contribution in [2.45, 2.75) is 17.7 Å². The van der Waals surface area contributed by atoms with Crippen LogP contribution in [0.5, 0.6) is 5.75 Å². The third-order valence-electron chi connectivity index (χ3n) is 5.17. The molecule has 4 rings (SSSR count). The minimum Gasteiger partial charge on any atom is -0.496 e. The molecule has 1 saturated heterocycles. The van der Waals surface area contributed by atoms with Gasteiger partial charge in [-0.3, -0.25) is 9.59 Å². The smallest absolute Gasteiger partial charge is 0.307 e. The molecule has 10 heteroatoms. The molecule has 0 saturated carbocycles. The average Bonchev–Trinajstić information content (AvgIpc) is 3.37. The number of carbonyl (C=O) groups is 1. The van der Waals surface area contributed by atoms with Crippen LogP contribution in [-0.4, -0.2) is 43.4 Å². The number of anilines is 1. The van der Waals surface area contributed by atoms with Gasteiger partial charge in [-0.2, -0.15) is 4.31 Å². The van der Waals surface area contributed by atoms with Gasteiger partial charge in [0.15, 0.2) is 0 Å².